The molecule has 1 aliphatic heterocycles. The first-order valence-corrected chi connectivity index (χ1v) is 8.11. The van der Waals surface area contributed by atoms with Crippen LogP contribution in [-0.2, 0) is 42.9 Å². The number of esters is 3. The molecule has 0 spiro atoms. The molecule has 1 amide bonds. The maximum Gasteiger partial charge on any atom is 0.303 e. The Kier molecular flexibility index (Phi) is 8.71. The standard InChI is InChI=1S/C17H23NO9/c1-6-7-23-17-14(18-9(2)19)16(26-12(5)22)15(25-11(4)21)13(27-17)8-24-10(3)20/h1,13-17H,7-8H2,2-5H3,(H,18,19)/t13?,14?,15-,16?,17-/m1/s1. The van der Waals surface area contributed by atoms with E-state index in [1.807, 2.05) is 0 Å². The van der Waals surface area contributed by atoms with Gasteiger partial charge in [-0.3, -0.25) is 19.2 Å². The summed E-state index contributed by atoms with van der Waals surface area (Å²) in [6.45, 7) is 4.29. The van der Waals surface area contributed by atoms with Crippen molar-refractivity contribution in [3.05, 3.63) is 0 Å². The van der Waals surface area contributed by atoms with Crippen molar-refractivity contribution in [3.8, 4) is 12.3 Å². The van der Waals surface area contributed by atoms with E-state index in [-0.39, 0.29) is 13.2 Å². The van der Waals surface area contributed by atoms with Crippen molar-refractivity contribution in [2.24, 2.45) is 0 Å². The van der Waals surface area contributed by atoms with Gasteiger partial charge in [0.2, 0.25) is 5.91 Å². The molecule has 5 atom stereocenters. The molecule has 1 N–H and O–H groups in total. The molecule has 0 aromatic rings. The maximum absolute atomic E-state index is 11.6. The normalized spacial score (nSPS) is 27.0. The quantitative estimate of drug-likeness (QED) is 0.343. The molecule has 0 saturated carbocycles. The largest absolute Gasteiger partial charge is 0.463 e. The lowest BCUT2D eigenvalue weighted by atomic mass is 9.96. The SMILES string of the molecule is C#CCO[C@@H]1OC(COC(C)=O)[C@@H](OC(C)=O)C(OC(C)=O)C1NC(C)=O. The van der Waals surface area contributed by atoms with Crippen LogP contribution in [0, 0.1) is 12.3 Å². The highest BCUT2D eigenvalue weighted by Crippen LogP contribution is 2.27. The average Bonchev–Trinajstić information content (AvgIpc) is 2.54. The van der Waals surface area contributed by atoms with Crippen molar-refractivity contribution >= 4 is 23.8 Å². The van der Waals surface area contributed by atoms with Crippen LogP contribution >= 0.6 is 0 Å². The second-order valence-corrected chi connectivity index (χ2v) is 5.74. The highest BCUT2D eigenvalue weighted by Gasteiger charge is 2.51. The fourth-order valence-corrected chi connectivity index (χ4v) is 2.56. The number of ether oxygens (including phenoxy) is 5. The first kappa shape index (κ1) is 22.4. The Balaban J connectivity index is 3.25. The summed E-state index contributed by atoms with van der Waals surface area (Å²) in [6.07, 6.45) is 0.717. The second kappa shape index (κ2) is 10.5. The minimum atomic E-state index is -1.16. The van der Waals surface area contributed by atoms with E-state index < -0.39 is 54.5 Å². The Labute approximate surface area is 156 Å². The summed E-state index contributed by atoms with van der Waals surface area (Å²) < 4.78 is 26.6. The molecule has 1 fully saturated rings. The molecular weight excluding hydrogens is 362 g/mol. The van der Waals surface area contributed by atoms with E-state index >= 15 is 0 Å². The van der Waals surface area contributed by atoms with Crippen LogP contribution in [0.3, 0.4) is 0 Å². The number of hydrogen-bond acceptors (Lipinski definition) is 9. The number of terminal acetylenes is 1. The van der Waals surface area contributed by atoms with Crippen LogP contribution < -0.4 is 5.32 Å². The van der Waals surface area contributed by atoms with E-state index in [0.717, 1.165) is 13.8 Å². The Bertz CT molecular complexity index is 612. The van der Waals surface area contributed by atoms with Gasteiger partial charge in [-0.15, -0.1) is 6.42 Å². The van der Waals surface area contributed by atoms with Crippen LogP contribution in [0.5, 0.6) is 0 Å². The first-order valence-electron chi connectivity index (χ1n) is 8.11. The van der Waals surface area contributed by atoms with E-state index in [9.17, 15) is 19.2 Å². The summed E-state index contributed by atoms with van der Waals surface area (Å²) in [5.41, 5.74) is 0. The molecule has 1 saturated heterocycles. The molecule has 0 radical (unpaired) electrons. The van der Waals surface area contributed by atoms with E-state index in [2.05, 4.69) is 11.2 Å². The summed E-state index contributed by atoms with van der Waals surface area (Å²) in [5.74, 6) is -0.158. The fourth-order valence-electron chi connectivity index (χ4n) is 2.56. The van der Waals surface area contributed by atoms with E-state index in [0.29, 0.717) is 0 Å². The number of carbonyl (C=O) groups excluding carboxylic acids is 4. The van der Waals surface area contributed by atoms with Crippen LogP contribution in [-0.4, -0.2) is 67.7 Å². The van der Waals surface area contributed by atoms with Gasteiger partial charge in [-0.1, -0.05) is 5.92 Å². The van der Waals surface area contributed by atoms with Crippen molar-refractivity contribution in [3.63, 3.8) is 0 Å². The van der Waals surface area contributed by atoms with Gasteiger partial charge in [-0.25, -0.2) is 0 Å². The van der Waals surface area contributed by atoms with Gasteiger partial charge in [-0.2, -0.15) is 0 Å². The monoisotopic (exact) mass is 385 g/mol. The Morgan fingerprint density at radius 3 is 2.07 bits per heavy atom. The van der Waals surface area contributed by atoms with Crippen LogP contribution in [0.25, 0.3) is 0 Å². The van der Waals surface area contributed by atoms with Gasteiger partial charge in [0.15, 0.2) is 18.5 Å². The zero-order valence-electron chi connectivity index (χ0n) is 15.6. The average molecular weight is 385 g/mol. The van der Waals surface area contributed by atoms with Gasteiger partial charge < -0.3 is 29.0 Å². The molecule has 1 aliphatic rings. The van der Waals surface area contributed by atoms with Crippen LogP contribution in [0.15, 0.2) is 0 Å². The van der Waals surface area contributed by atoms with Gasteiger partial charge in [0.1, 0.15) is 25.4 Å². The first-order chi connectivity index (χ1) is 12.6. The van der Waals surface area contributed by atoms with Gasteiger partial charge in [-0.05, 0) is 0 Å². The lowest BCUT2D eigenvalue weighted by Gasteiger charge is -2.44. The number of amides is 1. The third kappa shape index (κ3) is 7.24. The van der Waals surface area contributed by atoms with Crippen LogP contribution in [0.2, 0.25) is 0 Å². The Morgan fingerprint density at radius 2 is 1.59 bits per heavy atom. The number of nitrogens with one attached hydrogen (secondary N) is 1. The minimum Gasteiger partial charge on any atom is -0.463 e. The molecule has 150 valence electrons. The summed E-state index contributed by atoms with van der Waals surface area (Å²) in [5, 5.41) is 2.55. The van der Waals surface area contributed by atoms with Crippen molar-refractivity contribution < 1.29 is 42.9 Å². The van der Waals surface area contributed by atoms with E-state index in [1.165, 1.54) is 13.8 Å². The molecule has 1 heterocycles. The second-order valence-electron chi connectivity index (χ2n) is 5.74. The van der Waals surface area contributed by atoms with E-state index in [1.54, 1.807) is 0 Å². The highest BCUT2D eigenvalue weighted by atomic mass is 16.7. The Morgan fingerprint density at radius 1 is 1.00 bits per heavy atom. The number of carbonyl (C=O) groups is 4. The lowest BCUT2D eigenvalue weighted by Crippen LogP contribution is -2.66. The molecule has 1 rings (SSSR count). The van der Waals surface area contributed by atoms with E-state index in [4.69, 9.17) is 30.1 Å². The molecule has 10 heteroatoms. The summed E-state index contributed by atoms with van der Waals surface area (Å²) in [4.78, 5) is 45.9. The molecule has 0 aromatic carbocycles. The fraction of sp³-hybridized carbons (Fsp3) is 0.647. The smallest absolute Gasteiger partial charge is 0.303 e. The highest BCUT2D eigenvalue weighted by molar-refractivity contribution is 5.73. The third-order valence-electron chi connectivity index (χ3n) is 3.40. The van der Waals surface area contributed by atoms with Crippen molar-refractivity contribution in [2.45, 2.75) is 58.3 Å². The summed E-state index contributed by atoms with van der Waals surface area (Å²) >= 11 is 0. The van der Waals surface area contributed by atoms with Crippen molar-refractivity contribution in [1.82, 2.24) is 5.32 Å². The molecule has 0 bridgehead atoms. The zero-order valence-corrected chi connectivity index (χ0v) is 15.6. The third-order valence-corrected chi connectivity index (χ3v) is 3.40. The predicted octanol–water partition coefficient (Wildman–Crippen LogP) is -0.708. The van der Waals surface area contributed by atoms with Gasteiger partial charge in [0.25, 0.3) is 0 Å². The topological polar surface area (TPSA) is 126 Å². The maximum atomic E-state index is 11.6. The predicted molar refractivity (Wildman–Crippen MR) is 88.8 cm³/mol. The molecule has 0 aliphatic carbocycles. The lowest BCUT2D eigenvalue weighted by molar-refractivity contribution is -0.274. The zero-order chi connectivity index (χ0) is 20.6. The molecule has 10 nitrogen and oxygen atoms in total. The van der Waals surface area contributed by atoms with Gasteiger partial charge >= 0.3 is 17.9 Å². The minimum absolute atomic E-state index is 0.161. The molecule has 0 aromatic heterocycles. The Hall–Kier alpha value is -2.64. The van der Waals surface area contributed by atoms with Crippen molar-refractivity contribution in [1.29, 1.82) is 0 Å². The van der Waals surface area contributed by atoms with Gasteiger partial charge in [0, 0.05) is 27.7 Å². The van der Waals surface area contributed by atoms with Crippen LogP contribution in [0.1, 0.15) is 27.7 Å². The molecule has 27 heavy (non-hydrogen) atoms. The summed E-state index contributed by atoms with van der Waals surface area (Å²) in [6, 6.07) is -1.02. The molecular formula is C17H23NO9. The van der Waals surface area contributed by atoms with Crippen LogP contribution in [0.4, 0.5) is 0 Å². The summed E-state index contributed by atoms with van der Waals surface area (Å²) in [7, 11) is 0. The molecule has 3 unspecified atom stereocenters. The number of hydrogen-bond donors (Lipinski definition) is 1. The van der Waals surface area contributed by atoms with Gasteiger partial charge in [0.05, 0.1) is 0 Å². The van der Waals surface area contributed by atoms with Crippen molar-refractivity contribution in [2.75, 3.05) is 13.2 Å². The number of rotatable bonds is 7.